The Balaban J connectivity index is 2.41. The molecule has 1 nitrogen and oxygen atoms in total. The zero-order chi connectivity index (χ0) is 13.4. The Bertz CT molecular complexity index is 368. The van der Waals surface area contributed by atoms with Crippen molar-refractivity contribution in [1.82, 2.24) is 5.32 Å². The van der Waals surface area contributed by atoms with E-state index in [1.165, 1.54) is 36.0 Å². The lowest BCUT2D eigenvalue weighted by molar-refractivity contribution is 0.503. The molecule has 18 heavy (non-hydrogen) atoms. The van der Waals surface area contributed by atoms with Gasteiger partial charge in [-0.25, -0.2) is 0 Å². The summed E-state index contributed by atoms with van der Waals surface area (Å²) in [6, 6.07) is 6.94. The molecule has 0 bridgehead atoms. The van der Waals surface area contributed by atoms with Gasteiger partial charge in [0.1, 0.15) is 0 Å². The molecule has 1 aromatic rings. The lowest BCUT2D eigenvalue weighted by Crippen LogP contribution is -2.09. The van der Waals surface area contributed by atoms with Crippen molar-refractivity contribution in [1.29, 1.82) is 0 Å². The van der Waals surface area contributed by atoms with Crippen LogP contribution in [0.4, 0.5) is 0 Å². The summed E-state index contributed by atoms with van der Waals surface area (Å²) in [4.78, 5) is 0. The number of hydrogen-bond donors (Lipinski definition) is 1. The number of nitrogens with one attached hydrogen (secondary N) is 1. The van der Waals surface area contributed by atoms with E-state index in [0.717, 1.165) is 18.9 Å². The number of hydrogen-bond acceptors (Lipinski definition) is 1. The van der Waals surface area contributed by atoms with Gasteiger partial charge in [-0.15, -0.1) is 0 Å². The van der Waals surface area contributed by atoms with Crippen molar-refractivity contribution < 1.29 is 0 Å². The Morgan fingerprint density at radius 3 is 2.78 bits per heavy atom. The molecule has 0 unspecified atom stereocenters. The van der Waals surface area contributed by atoms with E-state index in [1.807, 2.05) is 0 Å². The molecule has 0 aliphatic carbocycles. The fourth-order valence-electron chi connectivity index (χ4n) is 2.44. The smallest absolute Gasteiger partial charge is 0.0141 e. The fraction of sp³-hybridized carbons (Fsp3) is 0.529. The van der Waals surface area contributed by atoms with Crippen LogP contribution in [-0.2, 0) is 12.8 Å². The summed E-state index contributed by atoms with van der Waals surface area (Å²) in [5.41, 5.74) is 4.39. The van der Waals surface area contributed by atoms with E-state index in [4.69, 9.17) is 0 Å². The quantitative estimate of drug-likeness (QED) is 0.675. The van der Waals surface area contributed by atoms with Crippen LogP contribution in [0.3, 0.4) is 0 Å². The molecule has 1 aromatic carbocycles. The summed E-state index contributed by atoms with van der Waals surface area (Å²) in [6.07, 6.45) is 6.60. The molecule has 0 saturated carbocycles. The molecule has 0 aliphatic rings. The zero-order valence-electron chi connectivity index (χ0n) is 12.1. The molecule has 1 rings (SSSR count). The standard InChI is InChI=1S/C17H27N/c1-5-17-10-9-16(13-15(17)4)12-14(3)8-7-11-18-6-2/h6,9-10,13-14,18H,2,5,7-8,11-12H2,1,3-4H3/t14-/m0/s1. The summed E-state index contributed by atoms with van der Waals surface area (Å²) >= 11 is 0. The molecule has 0 aromatic heterocycles. The summed E-state index contributed by atoms with van der Waals surface area (Å²) in [5, 5.41) is 3.16. The molecule has 0 heterocycles. The van der Waals surface area contributed by atoms with Gasteiger partial charge in [-0.05, 0) is 61.4 Å². The monoisotopic (exact) mass is 245 g/mol. The third kappa shape index (κ3) is 4.95. The van der Waals surface area contributed by atoms with E-state index in [-0.39, 0.29) is 0 Å². The lowest BCUT2D eigenvalue weighted by atomic mass is 9.94. The Kier molecular flexibility index (Phi) is 6.56. The zero-order valence-corrected chi connectivity index (χ0v) is 12.1. The van der Waals surface area contributed by atoms with Crippen LogP contribution in [0.15, 0.2) is 31.0 Å². The van der Waals surface area contributed by atoms with Gasteiger partial charge >= 0.3 is 0 Å². The molecular formula is C17H27N. The van der Waals surface area contributed by atoms with E-state index in [1.54, 1.807) is 6.20 Å². The second-order valence-corrected chi connectivity index (χ2v) is 5.22. The van der Waals surface area contributed by atoms with Crippen molar-refractivity contribution in [2.24, 2.45) is 5.92 Å². The third-order valence-electron chi connectivity index (χ3n) is 3.53. The SMILES string of the molecule is C=CNCCC[C@H](C)Cc1ccc(CC)c(C)c1. The van der Waals surface area contributed by atoms with Gasteiger partial charge in [-0.1, -0.05) is 38.6 Å². The van der Waals surface area contributed by atoms with E-state index in [0.29, 0.717) is 0 Å². The highest BCUT2D eigenvalue weighted by Crippen LogP contribution is 2.17. The Morgan fingerprint density at radius 1 is 1.39 bits per heavy atom. The first-order chi connectivity index (χ1) is 8.67. The minimum Gasteiger partial charge on any atom is -0.391 e. The molecule has 1 heteroatoms. The van der Waals surface area contributed by atoms with Crippen molar-refractivity contribution in [2.45, 2.75) is 46.5 Å². The van der Waals surface area contributed by atoms with Crippen LogP contribution in [0.5, 0.6) is 0 Å². The Morgan fingerprint density at radius 2 is 2.17 bits per heavy atom. The molecule has 1 atom stereocenters. The van der Waals surface area contributed by atoms with Crippen molar-refractivity contribution >= 4 is 0 Å². The van der Waals surface area contributed by atoms with Gasteiger partial charge in [0.05, 0.1) is 0 Å². The minimum absolute atomic E-state index is 0.753. The Labute approximate surface area is 112 Å². The predicted molar refractivity (Wildman–Crippen MR) is 80.9 cm³/mol. The molecule has 0 aliphatic heterocycles. The van der Waals surface area contributed by atoms with Crippen LogP contribution in [0.2, 0.25) is 0 Å². The summed E-state index contributed by atoms with van der Waals surface area (Å²) in [5.74, 6) is 0.753. The maximum Gasteiger partial charge on any atom is 0.0141 e. The van der Waals surface area contributed by atoms with Crippen LogP contribution in [0.25, 0.3) is 0 Å². The van der Waals surface area contributed by atoms with Gasteiger partial charge in [0.2, 0.25) is 0 Å². The highest BCUT2D eigenvalue weighted by molar-refractivity contribution is 5.31. The van der Waals surface area contributed by atoms with Crippen molar-refractivity contribution in [3.8, 4) is 0 Å². The van der Waals surface area contributed by atoms with Crippen LogP contribution >= 0.6 is 0 Å². The normalized spacial score (nSPS) is 12.2. The van der Waals surface area contributed by atoms with Crippen LogP contribution in [-0.4, -0.2) is 6.54 Å². The fourth-order valence-corrected chi connectivity index (χ4v) is 2.44. The first-order valence-electron chi connectivity index (χ1n) is 7.10. The Hall–Kier alpha value is -1.24. The molecular weight excluding hydrogens is 218 g/mol. The van der Waals surface area contributed by atoms with E-state index < -0.39 is 0 Å². The van der Waals surface area contributed by atoms with Gasteiger partial charge in [-0.3, -0.25) is 0 Å². The topological polar surface area (TPSA) is 12.0 Å². The first-order valence-corrected chi connectivity index (χ1v) is 7.10. The largest absolute Gasteiger partial charge is 0.391 e. The lowest BCUT2D eigenvalue weighted by Gasteiger charge is -2.13. The number of benzene rings is 1. The van der Waals surface area contributed by atoms with E-state index >= 15 is 0 Å². The number of aryl methyl sites for hydroxylation is 2. The van der Waals surface area contributed by atoms with Crippen molar-refractivity contribution in [3.05, 3.63) is 47.7 Å². The molecule has 0 spiro atoms. The van der Waals surface area contributed by atoms with Gasteiger partial charge in [0.25, 0.3) is 0 Å². The van der Waals surface area contributed by atoms with Crippen LogP contribution in [0, 0.1) is 12.8 Å². The van der Waals surface area contributed by atoms with Crippen molar-refractivity contribution in [3.63, 3.8) is 0 Å². The molecule has 0 radical (unpaired) electrons. The molecule has 0 fully saturated rings. The molecule has 1 N–H and O–H groups in total. The van der Waals surface area contributed by atoms with Gasteiger partial charge in [0.15, 0.2) is 0 Å². The molecule has 0 amide bonds. The van der Waals surface area contributed by atoms with Crippen molar-refractivity contribution in [2.75, 3.05) is 6.54 Å². The first kappa shape index (κ1) is 14.8. The second-order valence-electron chi connectivity index (χ2n) is 5.22. The summed E-state index contributed by atoms with van der Waals surface area (Å²) in [7, 11) is 0. The van der Waals surface area contributed by atoms with E-state index in [9.17, 15) is 0 Å². The highest BCUT2D eigenvalue weighted by atomic mass is 14.8. The number of rotatable bonds is 8. The minimum atomic E-state index is 0.753. The second kappa shape index (κ2) is 7.97. The predicted octanol–water partition coefficient (Wildman–Crippen LogP) is 4.25. The average molecular weight is 245 g/mol. The summed E-state index contributed by atoms with van der Waals surface area (Å²) < 4.78 is 0. The van der Waals surface area contributed by atoms with E-state index in [2.05, 4.69) is 50.9 Å². The average Bonchev–Trinajstić information content (AvgIpc) is 2.35. The maximum atomic E-state index is 3.66. The maximum absolute atomic E-state index is 3.66. The summed E-state index contributed by atoms with van der Waals surface area (Å²) in [6.45, 7) is 11.5. The molecule has 100 valence electrons. The highest BCUT2D eigenvalue weighted by Gasteiger charge is 2.05. The van der Waals surface area contributed by atoms with Gasteiger partial charge in [-0.2, -0.15) is 0 Å². The third-order valence-corrected chi connectivity index (χ3v) is 3.53. The van der Waals surface area contributed by atoms with Gasteiger partial charge < -0.3 is 5.32 Å². The van der Waals surface area contributed by atoms with Crippen LogP contribution in [0.1, 0.15) is 43.4 Å². The van der Waals surface area contributed by atoms with Gasteiger partial charge in [0, 0.05) is 6.54 Å². The molecule has 0 saturated heterocycles. The van der Waals surface area contributed by atoms with Crippen LogP contribution < -0.4 is 5.32 Å².